The first-order valence-corrected chi connectivity index (χ1v) is 10.0. The van der Waals surface area contributed by atoms with Crippen LogP contribution in [0.5, 0.6) is 5.75 Å². The summed E-state index contributed by atoms with van der Waals surface area (Å²) in [7, 11) is 0. The number of nitrogens with zero attached hydrogens (tertiary/aromatic N) is 1. The Bertz CT molecular complexity index is 845. The van der Waals surface area contributed by atoms with Gasteiger partial charge in [0.05, 0.1) is 12.2 Å². The summed E-state index contributed by atoms with van der Waals surface area (Å²) < 4.78 is 5.81. The molecule has 1 heterocycles. The van der Waals surface area contributed by atoms with Crippen molar-refractivity contribution >= 4 is 34.5 Å². The first kappa shape index (κ1) is 20.2. The molecule has 0 aliphatic carbocycles. The molecule has 0 spiro atoms. The van der Waals surface area contributed by atoms with Gasteiger partial charge in [0.1, 0.15) is 5.75 Å². The van der Waals surface area contributed by atoms with Crippen LogP contribution < -0.4 is 15.4 Å². The second kappa shape index (κ2) is 9.62. The van der Waals surface area contributed by atoms with E-state index in [4.69, 9.17) is 16.3 Å². The van der Waals surface area contributed by atoms with E-state index in [1.807, 2.05) is 30.3 Å². The average Bonchev–Trinajstić information content (AvgIpc) is 3.02. The Morgan fingerprint density at radius 3 is 2.61 bits per heavy atom. The van der Waals surface area contributed by atoms with Crippen LogP contribution in [-0.2, 0) is 4.79 Å². The van der Waals surface area contributed by atoms with E-state index in [9.17, 15) is 4.79 Å². The van der Waals surface area contributed by atoms with Gasteiger partial charge in [-0.3, -0.25) is 4.79 Å². The number of nitrogens with one attached hydrogen (secondary N) is 2. The number of carbonyl (C=O) groups is 1. The SMILES string of the molecule is CCN(CC)CCCOc1ccc(NC=C2C(=O)Nc3ccc(Cl)cc32)cc1. The molecule has 0 fully saturated rings. The van der Waals surface area contributed by atoms with Crippen molar-refractivity contribution < 1.29 is 9.53 Å². The Hall–Kier alpha value is -2.50. The van der Waals surface area contributed by atoms with Crippen LogP contribution in [0.15, 0.2) is 48.7 Å². The molecule has 148 valence electrons. The molecular formula is C22H26ClN3O2. The highest BCUT2D eigenvalue weighted by atomic mass is 35.5. The topological polar surface area (TPSA) is 53.6 Å². The third kappa shape index (κ3) is 5.06. The number of rotatable bonds is 9. The van der Waals surface area contributed by atoms with Gasteiger partial charge in [0, 0.05) is 34.7 Å². The highest BCUT2D eigenvalue weighted by Gasteiger charge is 2.24. The molecule has 1 amide bonds. The van der Waals surface area contributed by atoms with Crippen molar-refractivity contribution in [3.8, 4) is 5.75 Å². The van der Waals surface area contributed by atoms with Crippen molar-refractivity contribution in [3.63, 3.8) is 0 Å². The molecule has 28 heavy (non-hydrogen) atoms. The number of hydrogen-bond donors (Lipinski definition) is 2. The first-order chi connectivity index (χ1) is 13.6. The van der Waals surface area contributed by atoms with Crippen molar-refractivity contribution in [2.24, 2.45) is 0 Å². The molecule has 0 unspecified atom stereocenters. The van der Waals surface area contributed by atoms with E-state index in [-0.39, 0.29) is 5.91 Å². The maximum absolute atomic E-state index is 12.2. The van der Waals surface area contributed by atoms with Gasteiger partial charge in [-0.05, 0) is 62.0 Å². The summed E-state index contributed by atoms with van der Waals surface area (Å²) >= 11 is 6.05. The molecule has 0 aromatic heterocycles. The van der Waals surface area contributed by atoms with Crippen molar-refractivity contribution in [2.45, 2.75) is 20.3 Å². The molecule has 5 nitrogen and oxygen atoms in total. The van der Waals surface area contributed by atoms with E-state index >= 15 is 0 Å². The van der Waals surface area contributed by atoms with Gasteiger partial charge in [-0.2, -0.15) is 0 Å². The molecular weight excluding hydrogens is 374 g/mol. The maximum atomic E-state index is 12.2. The molecule has 3 rings (SSSR count). The summed E-state index contributed by atoms with van der Waals surface area (Å²) in [6.45, 7) is 8.24. The molecule has 0 saturated carbocycles. The van der Waals surface area contributed by atoms with Crippen LogP contribution in [0, 0.1) is 0 Å². The van der Waals surface area contributed by atoms with Crippen LogP contribution in [-0.4, -0.2) is 37.0 Å². The van der Waals surface area contributed by atoms with Gasteiger partial charge >= 0.3 is 0 Å². The molecule has 0 saturated heterocycles. The Morgan fingerprint density at radius 1 is 1.14 bits per heavy atom. The minimum absolute atomic E-state index is 0.141. The third-order valence-electron chi connectivity index (χ3n) is 4.78. The molecule has 2 aromatic rings. The van der Waals surface area contributed by atoms with E-state index in [1.54, 1.807) is 18.3 Å². The highest BCUT2D eigenvalue weighted by molar-refractivity contribution is 6.34. The number of amides is 1. The summed E-state index contributed by atoms with van der Waals surface area (Å²) in [5.74, 6) is 0.700. The Balaban J connectivity index is 1.54. The molecule has 0 bridgehead atoms. The molecule has 0 atom stereocenters. The smallest absolute Gasteiger partial charge is 0.257 e. The number of fused-ring (bicyclic) bond motifs is 1. The minimum Gasteiger partial charge on any atom is -0.494 e. The number of halogens is 1. The normalized spacial score (nSPS) is 14.3. The van der Waals surface area contributed by atoms with E-state index in [1.165, 1.54) is 0 Å². The van der Waals surface area contributed by atoms with Crippen molar-refractivity contribution in [1.82, 2.24) is 4.90 Å². The van der Waals surface area contributed by atoms with Crippen molar-refractivity contribution in [2.75, 3.05) is 36.9 Å². The van der Waals surface area contributed by atoms with Gasteiger partial charge in [0.25, 0.3) is 5.91 Å². The van der Waals surface area contributed by atoms with Gasteiger partial charge in [0.2, 0.25) is 0 Å². The van der Waals surface area contributed by atoms with Gasteiger partial charge < -0.3 is 20.3 Å². The van der Waals surface area contributed by atoms with Crippen molar-refractivity contribution in [1.29, 1.82) is 0 Å². The average molecular weight is 400 g/mol. The van der Waals surface area contributed by atoms with Crippen LogP contribution in [0.1, 0.15) is 25.8 Å². The number of anilines is 2. The zero-order chi connectivity index (χ0) is 19.9. The van der Waals surface area contributed by atoms with E-state index in [0.717, 1.165) is 48.7 Å². The van der Waals surface area contributed by atoms with Crippen molar-refractivity contribution in [3.05, 3.63) is 59.3 Å². The lowest BCUT2D eigenvalue weighted by atomic mass is 10.1. The molecule has 6 heteroatoms. The van der Waals surface area contributed by atoms with E-state index in [0.29, 0.717) is 17.2 Å². The summed E-state index contributed by atoms with van der Waals surface area (Å²) in [6, 6.07) is 13.1. The molecule has 0 radical (unpaired) electrons. The van der Waals surface area contributed by atoms with Gasteiger partial charge in [-0.1, -0.05) is 25.4 Å². The lowest BCUT2D eigenvalue weighted by Gasteiger charge is -2.17. The second-order valence-corrected chi connectivity index (χ2v) is 7.04. The van der Waals surface area contributed by atoms with Gasteiger partial charge in [-0.25, -0.2) is 0 Å². The lowest BCUT2D eigenvalue weighted by molar-refractivity contribution is -0.110. The molecule has 2 aromatic carbocycles. The van der Waals surface area contributed by atoms with Crippen LogP contribution in [0.25, 0.3) is 5.57 Å². The zero-order valence-electron chi connectivity index (χ0n) is 16.3. The number of hydrogen-bond acceptors (Lipinski definition) is 4. The summed E-state index contributed by atoms with van der Waals surface area (Å²) in [5.41, 5.74) is 3.02. The predicted octanol–water partition coefficient (Wildman–Crippen LogP) is 4.86. The van der Waals surface area contributed by atoms with Crippen LogP contribution in [0.2, 0.25) is 5.02 Å². The van der Waals surface area contributed by atoms with E-state index < -0.39 is 0 Å². The molecule has 2 N–H and O–H groups in total. The quantitative estimate of drug-likeness (QED) is 0.467. The summed E-state index contributed by atoms with van der Waals surface area (Å²) in [6.07, 6.45) is 2.71. The Kier molecular flexibility index (Phi) is 6.95. The largest absolute Gasteiger partial charge is 0.494 e. The lowest BCUT2D eigenvalue weighted by Crippen LogP contribution is -2.25. The van der Waals surface area contributed by atoms with Gasteiger partial charge in [0.15, 0.2) is 0 Å². The second-order valence-electron chi connectivity index (χ2n) is 6.60. The molecule has 1 aliphatic rings. The summed E-state index contributed by atoms with van der Waals surface area (Å²) in [4.78, 5) is 14.6. The Morgan fingerprint density at radius 2 is 1.89 bits per heavy atom. The standard InChI is InChI=1S/C22H26ClN3O2/c1-3-26(4-2)12-5-13-28-18-9-7-17(8-10-18)24-15-20-19-14-16(23)6-11-21(19)25-22(20)27/h6-11,14-15,24H,3-5,12-13H2,1-2H3,(H,25,27). The van der Waals surface area contributed by atoms with Crippen LogP contribution in [0.3, 0.4) is 0 Å². The highest BCUT2D eigenvalue weighted by Crippen LogP contribution is 2.33. The maximum Gasteiger partial charge on any atom is 0.257 e. The molecule has 1 aliphatic heterocycles. The fourth-order valence-corrected chi connectivity index (χ4v) is 3.30. The van der Waals surface area contributed by atoms with Crippen LogP contribution in [0.4, 0.5) is 11.4 Å². The minimum atomic E-state index is -0.141. The Labute approximate surface area is 171 Å². The summed E-state index contributed by atoms with van der Waals surface area (Å²) in [5, 5.41) is 6.61. The number of ether oxygens (including phenoxy) is 1. The number of benzene rings is 2. The fraction of sp³-hybridized carbons (Fsp3) is 0.318. The first-order valence-electron chi connectivity index (χ1n) is 9.64. The van der Waals surface area contributed by atoms with E-state index in [2.05, 4.69) is 29.4 Å². The zero-order valence-corrected chi connectivity index (χ0v) is 17.1. The monoisotopic (exact) mass is 399 g/mol. The number of carbonyl (C=O) groups excluding carboxylic acids is 1. The van der Waals surface area contributed by atoms with Crippen LogP contribution >= 0.6 is 11.6 Å². The third-order valence-corrected chi connectivity index (χ3v) is 5.02. The van der Waals surface area contributed by atoms with Gasteiger partial charge in [-0.15, -0.1) is 0 Å². The fourth-order valence-electron chi connectivity index (χ4n) is 3.12. The predicted molar refractivity (Wildman–Crippen MR) is 116 cm³/mol.